The van der Waals surface area contributed by atoms with E-state index >= 15 is 0 Å². The maximum absolute atomic E-state index is 12.3. The Morgan fingerprint density at radius 3 is 2.78 bits per heavy atom. The lowest BCUT2D eigenvalue weighted by Crippen LogP contribution is -2.19. The van der Waals surface area contributed by atoms with E-state index in [0.29, 0.717) is 22.2 Å². The number of rotatable bonds is 6. The van der Waals surface area contributed by atoms with Crippen molar-refractivity contribution in [2.24, 2.45) is 0 Å². The van der Waals surface area contributed by atoms with Crippen molar-refractivity contribution in [1.29, 1.82) is 0 Å². The van der Waals surface area contributed by atoms with E-state index in [9.17, 15) is 4.79 Å². The van der Waals surface area contributed by atoms with Gasteiger partial charge in [0.05, 0.1) is 18.0 Å². The molecule has 9 heteroatoms. The Labute approximate surface area is 165 Å². The number of amides is 1. The number of carbonyl (C=O) groups excluding carboxylic acids is 1. The van der Waals surface area contributed by atoms with Gasteiger partial charge in [-0.05, 0) is 37.1 Å². The maximum Gasteiger partial charge on any atom is 0.277 e. The molecule has 0 aliphatic heterocycles. The summed E-state index contributed by atoms with van der Waals surface area (Å²) in [6.07, 6.45) is 6.35. The molecule has 3 aromatic rings. The molecule has 4 rings (SSSR count). The van der Waals surface area contributed by atoms with Gasteiger partial charge in [-0.15, -0.1) is 10.2 Å². The van der Waals surface area contributed by atoms with Gasteiger partial charge in [-0.2, -0.15) is 5.10 Å². The first-order chi connectivity index (χ1) is 13.2. The highest BCUT2D eigenvalue weighted by Crippen LogP contribution is 2.31. The molecule has 1 saturated carbocycles. The summed E-state index contributed by atoms with van der Waals surface area (Å²) < 4.78 is 7.52. The molecular formula is C18H18ClN5O2S. The molecule has 2 aromatic heterocycles. The van der Waals surface area contributed by atoms with Crippen LogP contribution in [-0.4, -0.2) is 31.6 Å². The highest BCUT2D eigenvalue weighted by atomic mass is 35.5. The molecule has 0 bridgehead atoms. The van der Waals surface area contributed by atoms with Crippen molar-refractivity contribution in [3.05, 3.63) is 41.6 Å². The van der Waals surface area contributed by atoms with E-state index in [1.807, 2.05) is 10.7 Å². The van der Waals surface area contributed by atoms with E-state index in [4.69, 9.17) is 16.0 Å². The molecule has 140 valence electrons. The van der Waals surface area contributed by atoms with Crippen molar-refractivity contribution in [2.75, 3.05) is 11.1 Å². The summed E-state index contributed by atoms with van der Waals surface area (Å²) in [4.78, 5) is 12.3. The second-order valence-electron chi connectivity index (χ2n) is 6.32. The zero-order valence-corrected chi connectivity index (χ0v) is 16.0. The Bertz CT molecular complexity index is 918. The molecule has 1 N–H and O–H groups in total. The van der Waals surface area contributed by atoms with E-state index in [0.717, 1.165) is 24.2 Å². The SMILES string of the molecule is O=C(CSc1nnc(-c2ccc(Cl)cc2)o1)Nc1ccnn1C1CCCC1. The van der Waals surface area contributed by atoms with Gasteiger partial charge in [0.1, 0.15) is 5.82 Å². The fourth-order valence-corrected chi connectivity index (χ4v) is 3.83. The summed E-state index contributed by atoms with van der Waals surface area (Å²) in [7, 11) is 0. The number of nitrogens with one attached hydrogen (secondary N) is 1. The van der Waals surface area contributed by atoms with Crippen molar-refractivity contribution in [2.45, 2.75) is 36.9 Å². The summed E-state index contributed by atoms with van der Waals surface area (Å²) in [5.74, 6) is 1.18. The highest BCUT2D eigenvalue weighted by molar-refractivity contribution is 7.99. The molecular weight excluding hydrogens is 386 g/mol. The standard InChI is InChI=1S/C18H18ClN5O2S/c19-13-7-5-12(6-8-13)17-22-23-18(26-17)27-11-16(25)21-15-9-10-20-24(15)14-3-1-2-4-14/h5-10,14H,1-4,11H2,(H,21,25). The van der Waals surface area contributed by atoms with Gasteiger partial charge in [0.25, 0.3) is 5.22 Å². The van der Waals surface area contributed by atoms with Gasteiger partial charge >= 0.3 is 0 Å². The number of anilines is 1. The zero-order valence-electron chi connectivity index (χ0n) is 14.5. The summed E-state index contributed by atoms with van der Waals surface area (Å²) in [6.45, 7) is 0. The second-order valence-corrected chi connectivity index (χ2v) is 7.68. The lowest BCUT2D eigenvalue weighted by Gasteiger charge is -2.14. The molecule has 0 radical (unpaired) electrons. The van der Waals surface area contributed by atoms with Gasteiger partial charge < -0.3 is 9.73 Å². The molecule has 0 atom stereocenters. The van der Waals surface area contributed by atoms with Crippen LogP contribution < -0.4 is 5.32 Å². The minimum absolute atomic E-state index is 0.133. The smallest absolute Gasteiger partial charge is 0.277 e. The Morgan fingerprint density at radius 2 is 2.00 bits per heavy atom. The van der Waals surface area contributed by atoms with Crippen LogP contribution in [0.4, 0.5) is 5.82 Å². The number of carbonyl (C=O) groups is 1. The van der Waals surface area contributed by atoms with E-state index in [1.165, 1.54) is 24.6 Å². The summed E-state index contributed by atoms with van der Waals surface area (Å²) in [5, 5.41) is 16.3. The highest BCUT2D eigenvalue weighted by Gasteiger charge is 2.20. The van der Waals surface area contributed by atoms with Crippen molar-refractivity contribution in [1.82, 2.24) is 20.0 Å². The van der Waals surface area contributed by atoms with E-state index in [-0.39, 0.29) is 11.7 Å². The van der Waals surface area contributed by atoms with E-state index < -0.39 is 0 Å². The lowest BCUT2D eigenvalue weighted by molar-refractivity contribution is -0.113. The Balaban J connectivity index is 1.33. The molecule has 0 unspecified atom stereocenters. The molecule has 1 aliphatic rings. The number of benzene rings is 1. The zero-order chi connectivity index (χ0) is 18.6. The molecule has 1 aromatic carbocycles. The van der Waals surface area contributed by atoms with Crippen LogP contribution in [0.2, 0.25) is 5.02 Å². The molecule has 1 aliphatic carbocycles. The van der Waals surface area contributed by atoms with Gasteiger partial charge in [0, 0.05) is 16.7 Å². The maximum atomic E-state index is 12.3. The van der Waals surface area contributed by atoms with Crippen molar-refractivity contribution < 1.29 is 9.21 Å². The number of nitrogens with zero attached hydrogens (tertiary/aromatic N) is 4. The van der Waals surface area contributed by atoms with Crippen LogP contribution >= 0.6 is 23.4 Å². The van der Waals surface area contributed by atoms with Gasteiger partial charge in [-0.1, -0.05) is 36.2 Å². The summed E-state index contributed by atoms with van der Waals surface area (Å²) in [6, 6.07) is 9.33. The molecule has 0 saturated heterocycles. The summed E-state index contributed by atoms with van der Waals surface area (Å²) >= 11 is 7.08. The van der Waals surface area contributed by atoms with Gasteiger partial charge in [-0.3, -0.25) is 4.79 Å². The molecule has 1 amide bonds. The average Bonchev–Trinajstić information content (AvgIpc) is 3.42. The fourth-order valence-electron chi connectivity index (χ4n) is 3.14. The number of hydrogen-bond donors (Lipinski definition) is 1. The van der Waals surface area contributed by atoms with Crippen molar-refractivity contribution >= 4 is 35.1 Å². The molecule has 0 spiro atoms. The van der Waals surface area contributed by atoms with Crippen molar-refractivity contribution in [3.8, 4) is 11.5 Å². The van der Waals surface area contributed by atoms with Gasteiger partial charge in [-0.25, -0.2) is 4.68 Å². The molecule has 2 heterocycles. The third-order valence-electron chi connectivity index (χ3n) is 4.43. The van der Waals surface area contributed by atoms with Crippen LogP contribution in [0, 0.1) is 0 Å². The van der Waals surface area contributed by atoms with Crippen LogP contribution in [0.5, 0.6) is 0 Å². The Kier molecular flexibility index (Phi) is 5.45. The van der Waals surface area contributed by atoms with Crippen LogP contribution in [0.1, 0.15) is 31.7 Å². The predicted octanol–water partition coefficient (Wildman–Crippen LogP) is 4.43. The number of thioether (sulfide) groups is 1. The minimum Gasteiger partial charge on any atom is -0.411 e. The summed E-state index contributed by atoms with van der Waals surface area (Å²) in [5.41, 5.74) is 0.781. The first-order valence-electron chi connectivity index (χ1n) is 8.74. The monoisotopic (exact) mass is 403 g/mol. The molecule has 1 fully saturated rings. The number of aromatic nitrogens is 4. The van der Waals surface area contributed by atoms with E-state index in [1.54, 1.807) is 30.5 Å². The Morgan fingerprint density at radius 1 is 1.22 bits per heavy atom. The van der Waals surface area contributed by atoms with Crippen LogP contribution in [0.15, 0.2) is 46.2 Å². The first-order valence-corrected chi connectivity index (χ1v) is 10.1. The third-order valence-corrected chi connectivity index (χ3v) is 5.50. The minimum atomic E-state index is -0.133. The topological polar surface area (TPSA) is 85.8 Å². The van der Waals surface area contributed by atoms with Gasteiger partial charge in [0.2, 0.25) is 11.8 Å². The normalized spacial score (nSPS) is 14.6. The van der Waals surface area contributed by atoms with E-state index in [2.05, 4.69) is 20.6 Å². The molecule has 7 nitrogen and oxygen atoms in total. The number of halogens is 1. The van der Waals surface area contributed by atoms with Gasteiger partial charge in [0.15, 0.2) is 0 Å². The fraction of sp³-hybridized carbons (Fsp3) is 0.333. The van der Waals surface area contributed by atoms with Crippen molar-refractivity contribution in [3.63, 3.8) is 0 Å². The van der Waals surface area contributed by atoms with Crippen LogP contribution in [0.3, 0.4) is 0 Å². The Hall–Kier alpha value is -2.32. The van der Waals surface area contributed by atoms with Crippen LogP contribution in [-0.2, 0) is 4.79 Å². The predicted molar refractivity (Wildman–Crippen MR) is 104 cm³/mol. The van der Waals surface area contributed by atoms with Crippen LogP contribution in [0.25, 0.3) is 11.5 Å². The number of hydrogen-bond acceptors (Lipinski definition) is 6. The lowest BCUT2D eigenvalue weighted by atomic mass is 10.2. The molecule has 27 heavy (non-hydrogen) atoms. The largest absolute Gasteiger partial charge is 0.411 e. The first kappa shape index (κ1) is 18.1. The quantitative estimate of drug-likeness (QED) is 0.612. The average molecular weight is 404 g/mol. The second kappa shape index (κ2) is 8.14. The third kappa shape index (κ3) is 4.33.